The van der Waals surface area contributed by atoms with Crippen LogP contribution < -0.4 is 4.74 Å². The molecule has 1 aliphatic rings. The quantitative estimate of drug-likeness (QED) is 0.847. The molecule has 2 aromatic rings. The van der Waals surface area contributed by atoms with E-state index in [2.05, 4.69) is 27.0 Å². The first-order chi connectivity index (χ1) is 10.8. The highest BCUT2D eigenvalue weighted by Crippen LogP contribution is 2.14. The number of hydrogen-bond donors (Lipinski definition) is 0. The largest absolute Gasteiger partial charge is 0.488 e. The number of halogens is 1. The minimum Gasteiger partial charge on any atom is -0.488 e. The second-order valence-electron chi connectivity index (χ2n) is 5.24. The van der Waals surface area contributed by atoms with Gasteiger partial charge in [-0.05, 0) is 17.7 Å². The Morgan fingerprint density at radius 2 is 2.00 bits per heavy atom. The first-order valence-electron chi connectivity index (χ1n) is 7.26. The van der Waals surface area contributed by atoms with Crippen molar-refractivity contribution in [1.82, 2.24) is 14.9 Å². The molecule has 6 heteroatoms. The number of morpholine rings is 1. The molecule has 1 atom stereocenters. The van der Waals surface area contributed by atoms with Crippen LogP contribution in [0.25, 0.3) is 0 Å². The molecule has 5 nitrogen and oxygen atoms in total. The second kappa shape index (κ2) is 7.54. The maximum Gasteiger partial charge on any atom is 0.156 e. The summed E-state index contributed by atoms with van der Waals surface area (Å²) in [5, 5.41) is 0.766. The number of aromatic nitrogens is 2. The topological polar surface area (TPSA) is 47.5 Å². The van der Waals surface area contributed by atoms with Crippen LogP contribution >= 0.6 is 11.6 Å². The molecule has 116 valence electrons. The Kier molecular flexibility index (Phi) is 5.21. The number of rotatable bonds is 5. The molecule has 0 bridgehead atoms. The Morgan fingerprint density at radius 1 is 1.23 bits per heavy atom. The minimum atomic E-state index is 0.0567. The van der Waals surface area contributed by atoms with Crippen LogP contribution in [0.15, 0.2) is 43.0 Å². The Labute approximate surface area is 134 Å². The maximum absolute atomic E-state index is 5.92. The van der Waals surface area contributed by atoms with E-state index in [4.69, 9.17) is 21.1 Å². The molecular formula is C16H18ClN3O2. The van der Waals surface area contributed by atoms with Gasteiger partial charge < -0.3 is 9.47 Å². The number of ether oxygens (including phenoxy) is 2. The summed E-state index contributed by atoms with van der Waals surface area (Å²) in [5.74, 6) is 0.668. The molecule has 1 fully saturated rings. The van der Waals surface area contributed by atoms with Gasteiger partial charge in [0, 0.05) is 24.7 Å². The molecule has 0 saturated carbocycles. The highest BCUT2D eigenvalue weighted by atomic mass is 35.5. The lowest BCUT2D eigenvalue weighted by Gasteiger charge is -2.32. The van der Waals surface area contributed by atoms with E-state index < -0.39 is 0 Å². The van der Waals surface area contributed by atoms with E-state index in [0.29, 0.717) is 19.0 Å². The van der Waals surface area contributed by atoms with Crippen LogP contribution in [0.1, 0.15) is 5.56 Å². The van der Waals surface area contributed by atoms with Gasteiger partial charge in [0.25, 0.3) is 0 Å². The van der Waals surface area contributed by atoms with Gasteiger partial charge in [0.15, 0.2) is 5.75 Å². The Balaban J connectivity index is 1.49. The number of nitrogens with zero attached hydrogens (tertiary/aromatic N) is 3. The van der Waals surface area contributed by atoms with E-state index in [1.807, 2.05) is 12.1 Å². The fourth-order valence-electron chi connectivity index (χ4n) is 2.42. The summed E-state index contributed by atoms with van der Waals surface area (Å²) in [6.45, 7) is 3.88. The van der Waals surface area contributed by atoms with Crippen molar-refractivity contribution in [3.63, 3.8) is 0 Å². The number of hydrogen-bond acceptors (Lipinski definition) is 5. The van der Waals surface area contributed by atoms with Crippen LogP contribution in [0.3, 0.4) is 0 Å². The molecule has 1 saturated heterocycles. The lowest BCUT2D eigenvalue weighted by atomic mass is 10.2. The normalized spacial score (nSPS) is 19.0. The molecule has 0 amide bonds. The van der Waals surface area contributed by atoms with Crippen LogP contribution in [0.4, 0.5) is 0 Å². The first-order valence-corrected chi connectivity index (χ1v) is 7.63. The summed E-state index contributed by atoms with van der Waals surface area (Å²) >= 11 is 5.92. The molecule has 0 radical (unpaired) electrons. The van der Waals surface area contributed by atoms with Gasteiger partial charge in [-0.15, -0.1) is 0 Å². The molecule has 1 aromatic heterocycles. The number of benzene rings is 1. The Bertz CT molecular complexity index is 580. The van der Waals surface area contributed by atoms with E-state index in [1.165, 1.54) is 11.9 Å². The van der Waals surface area contributed by atoms with Gasteiger partial charge in [-0.25, -0.2) is 9.97 Å². The molecule has 22 heavy (non-hydrogen) atoms. The Hall–Kier alpha value is -1.69. The van der Waals surface area contributed by atoms with Crippen molar-refractivity contribution in [3.05, 3.63) is 53.6 Å². The predicted molar refractivity (Wildman–Crippen MR) is 84.0 cm³/mol. The van der Waals surface area contributed by atoms with Crippen molar-refractivity contribution in [2.75, 3.05) is 26.3 Å². The van der Waals surface area contributed by atoms with Crippen LogP contribution in [-0.4, -0.2) is 47.3 Å². The molecule has 0 spiro atoms. The molecule has 1 aromatic carbocycles. The smallest absolute Gasteiger partial charge is 0.156 e. The average Bonchev–Trinajstić information content (AvgIpc) is 2.57. The van der Waals surface area contributed by atoms with Crippen LogP contribution in [0.5, 0.6) is 5.75 Å². The second-order valence-corrected chi connectivity index (χ2v) is 5.68. The third-order valence-corrected chi connectivity index (χ3v) is 3.77. The zero-order valence-electron chi connectivity index (χ0n) is 12.2. The summed E-state index contributed by atoms with van der Waals surface area (Å²) < 4.78 is 11.4. The molecule has 3 rings (SSSR count). The summed E-state index contributed by atoms with van der Waals surface area (Å²) in [6, 6.07) is 7.97. The van der Waals surface area contributed by atoms with Crippen molar-refractivity contribution in [2.24, 2.45) is 0 Å². The predicted octanol–water partition coefficient (Wildman–Crippen LogP) is 2.41. The Morgan fingerprint density at radius 3 is 2.77 bits per heavy atom. The summed E-state index contributed by atoms with van der Waals surface area (Å²) in [5.41, 5.74) is 1.25. The van der Waals surface area contributed by atoms with Gasteiger partial charge in [0.2, 0.25) is 0 Å². The van der Waals surface area contributed by atoms with Crippen molar-refractivity contribution in [1.29, 1.82) is 0 Å². The first kappa shape index (κ1) is 15.2. The van der Waals surface area contributed by atoms with E-state index in [0.717, 1.165) is 24.7 Å². The van der Waals surface area contributed by atoms with Gasteiger partial charge >= 0.3 is 0 Å². The van der Waals surface area contributed by atoms with Gasteiger partial charge in [0.1, 0.15) is 19.0 Å². The molecule has 0 aliphatic carbocycles. The van der Waals surface area contributed by atoms with Crippen molar-refractivity contribution < 1.29 is 9.47 Å². The van der Waals surface area contributed by atoms with Crippen LogP contribution in [0.2, 0.25) is 5.02 Å². The van der Waals surface area contributed by atoms with Crippen molar-refractivity contribution >= 4 is 11.6 Å². The molecule has 0 N–H and O–H groups in total. The average molecular weight is 320 g/mol. The van der Waals surface area contributed by atoms with Gasteiger partial charge in [0.05, 0.1) is 19.0 Å². The SMILES string of the molecule is Clc1ccc(CN2CCO[C@H](COc3cncnc3)C2)cc1. The van der Waals surface area contributed by atoms with E-state index in [9.17, 15) is 0 Å². The third kappa shape index (κ3) is 4.40. The highest BCUT2D eigenvalue weighted by molar-refractivity contribution is 6.30. The highest BCUT2D eigenvalue weighted by Gasteiger charge is 2.21. The summed E-state index contributed by atoms with van der Waals surface area (Å²) in [4.78, 5) is 10.2. The molecule has 1 aliphatic heterocycles. The van der Waals surface area contributed by atoms with Gasteiger partial charge in [-0.2, -0.15) is 0 Å². The fourth-order valence-corrected chi connectivity index (χ4v) is 2.55. The summed E-state index contributed by atoms with van der Waals surface area (Å²) in [7, 11) is 0. The van der Waals surface area contributed by atoms with Crippen molar-refractivity contribution in [2.45, 2.75) is 12.6 Å². The zero-order valence-corrected chi connectivity index (χ0v) is 12.9. The maximum atomic E-state index is 5.92. The van der Waals surface area contributed by atoms with E-state index in [-0.39, 0.29) is 6.10 Å². The van der Waals surface area contributed by atoms with Gasteiger partial charge in [-0.3, -0.25) is 4.90 Å². The standard InChI is InChI=1S/C16H18ClN3O2/c17-14-3-1-13(2-4-14)9-20-5-6-21-16(10-20)11-22-15-7-18-12-19-8-15/h1-4,7-8,12,16H,5-6,9-11H2/t16-/m0/s1. The monoisotopic (exact) mass is 319 g/mol. The van der Waals surface area contributed by atoms with Crippen molar-refractivity contribution in [3.8, 4) is 5.75 Å². The molecule has 2 heterocycles. The van der Waals surface area contributed by atoms with E-state index >= 15 is 0 Å². The van der Waals surface area contributed by atoms with Gasteiger partial charge in [-0.1, -0.05) is 23.7 Å². The third-order valence-electron chi connectivity index (χ3n) is 3.52. The zero-order chi connectivity index (χ0) is 15.2. The minimum absolute atomic E-state index is 0.0567. The van der Waals surface area contributed by atoms with Crippen LogP contribution in [0, 0.1) is 0 Å². The lowest BCUT2D eigenvalue weighted by Crippen LogP contribution is -2.44. The lowest BCUT2D eigenvalue weighted by molar-refractivity contribution is -0.0505. The molecule has 0 unspecified atom stereocenters. The molecular weight excluding hydrogens is 302 g/mol. The summed E-state index contributed by atoms with van der Waals surface area (Å²) in [6.07, 6.45) is 4.85. The van der Waals surface area contributed by atoms with E-state index in [1.54, 1.807) is 12.4 Å². The van der Waals surface area contributed by atoms with Crippen LogP contribution in [-0.2, 0) is 11.3 Å². The fraction of sp³-hybridized carbons (Fsp3) is 0.375.